The molecule has 10 heavy (non-hydrogen) atoms. The molecule has 0 fully saturated rings. The van der Waals surface area contributed by atoms with Gasteiger partial charge in [-0.3, -0.25) is 0 Å². The van der Waals surface area contributed by atoms with E-state index in [1.807, 2.05) is 13.8 Å². The summed E-state index contributed by atoms with van der Waals surface area (Å²) < 4.78 is 5.22. The number of hydrogen-bond acceptors (Lipinski definition) is 3. The van der Waals surface area contributed by atoms with E-state index in [0.717, 1.165) is 0 Å². The molecule has 1 N–H and O–H groups in total. The van der Waals surface area contributed by atoms with Crippen molar-refractivity contribution in [3.05, 3.63) is 6.33 Å². The Morgan fingerprint density at radius 2 is 2.50 bits per heavy atom. The van der Waals surface area contributed by atoms with Crippen molar-refractivity contribution in [2.24, 2.45) is 0 Å². The van der Waals surface area contributed by atoms with Gasteiger partial charge >= 0.3 is 0 Å². The van der Waals surface area contributed by atoms with Crippen molar-refractivity contribution in [3.8, 4) is 0 Å². The minimum absolute atomic E-state index is 0.220. The zero-order valence-corrected chi connectivity index (χ0v) is 6.11. The Hall–Kier alpha value is -0.970. The van der Waals surface area contributed by atoms with Crippen molar-refractivity contribution in [3.63, 3.8) is 0 Å². The molecule has 0 aliphatic heterocycles. The Morgan fingerprint density at radius 1 is 1.70 bits per heavy atom. The van der Waals surface area contributed by atoms with E-state index in [2.05, 4.69) is 15.4 Å². The summed E-state index contributed by atoms with van der Waals surface area (Å²) in [5.41, 5.74) is 0. The topological polar surface area (TPSA) is 54.7 Å². The summed E-state index contributed by atoms with van der Waals surface area (Å²) >= 11 is 0. The Kier molecular flexibility index (Phi) is 2.33. The van der Waals surface area contributed by atoms with E-state index in [1.165, 1.54) is 11.1 Å². The van der Waals surface area contributed by atoms with Crippen molar-refractivity contribution >= 4 is 0 Å². The van der Waals surface area contributed by atoms with Gasteiger partial charge in [-0.25, -0.2) is 0 Å². The first-order valence-electron chi connectivity index (χ1n) is 3.16. The monoisotopic (exact) mass is 143 g/mol. The molecule has 0 bridgehead atoms. The molecule has 1 aromatic heterocycles. The number of nitrogens with one attached hydrogen (secondary N) is 1. The van der Waals surface area contributed by atoms with E-state index in [9.17, 15) is 0 Å². The highest BCUT2D eigenvalue weighted by Gasteiger charge is 2.00. The minimum Gasteiger partial charge on any atom is -0.336 e. The van der Waals surface area contributed by atoms with Crippen molar-refractivity contribution in [1.29, 1.82) is 0 Å². The molecule has 0 unspecified atom stereocenters. The van der Waals surface area contributed by atoms with Gasteiger partial charge in [0.05, 0.1) is 11.2 Å². The molecule has 5 heteroatoms. The smallest absolute Gasteiger partial charge is 0.296 e. The summed E-state index contributed by atoms with van der Waals surface area (Å²) in [6.07, 6.45) is 1.65. The summed E-state index contributed by atoms with van der Waals surface area (Å²) in [7, 11) is 0. The quantitative estimate of drug-likeness (QED) is 0.579. The van der Waals surface area contributed by atoms with Gasteiger partial charge < -0.3 is 4.74 Å². The lowest BCUT2D eigenvalue weighted by Gasteiger charge is -2.00. The second-order valence-electron chi connectivity index (χ2n) is 2.20. The molecule has 1 heterocycles. The summed E-state index contributed by atoms with van der Waals surface area (Å²) in [6, 6.07) is 0. The maximum atomic E-state index is 5.22. The number of hydrogen-bond donors (Lipinski definition) is 1. The van der Waals surface area contributed by atoms with Crippen LogP contribution in [-0.2, 0) is 11.5 Å². The number of nitrogens with zero attached hydrogens (tertiary/aromatic N) is 3. The summed E-state index contributed by atoms with van der Waals surface area (Å²) in [5.74, 6) is 0. The highest BCUT2D eigenvalue weighted by molar-refractivity contribution is 4.27. The number of H-pyrrole nitrogens is 1. The fourth-order valence-corrected chi connectivity index (χ4v) is 0.488. The molecular weight excluding hydrogens is 132 g/mol. The lowest BCUT2D eigenvalue weighted by atomic mass is 10.5. The van der Waals surface area contributed by atoms with E-state index in [0.29, 0.717) is 6.73 Å². The van der Waals surface area contributed by atoms with Crippen LogP contribution in [0.3, 0.4) is 0 Å². The van der Waals surface area contributed by atoms with Crippen molar-refractivity contribution in [1.82, 2.24) is 15.4 Å². The molecule has 1 rings (SSSR count). The fraction of sp³-hybridized carbons (Fsp3) is 0.800. The van der Waals surface area contributed by atoms with Crippen LogP contribution in [0.5, 0.6) is 0 Å². The molecule has 0 aromatic carbocycles. The van der Waals surface area contributed by atoms with Gasteiger partial charge in [-0.1, -0.05) is 0 Å². The van der Waals surface area contributed by atoms with Gasteiger partial charge in [0.15, 0.2) is 0 Å². The lowest BCUT2D eigenvalue weighted by molar-refractivity contribution is -0.834. The molecule has 56 valence electrons. The molecule has 0 atom stereocenters. The van der Waals surface area contributed by atoms with Crippen molar-refractivity contribution in [2.75, 3.05) is 0 Å². The second-order valence-corrected chi connectivity index (χ2v) is 2.20. The maximum Gasteiger partial charge on any atom is 0.296 e. The third kappa shape index (κ3) is 2.10. The van der Waals surface area contributed by atoms with Crippen LogP contribution in [-0.4, -0.2) is 21.5 Å². The van der Waals surface area contributed by atoms with Crippen LogP contribution in [0, 0.1) is 0 Å². The average Bonchev–Trinajstić information content (AvgIpc) is 2.34. The van der Waals surface area contributed by atoms with Crippen LogP contribution in [0.25, 0.3) is 0 Å². The van der Waals surface area contributed by atoms with E-state index in [4.69, 9.17) is 4.74 Å². The molecule has 0 saturated carbocycles. The summed E-state index contributed by atoms with van der Waals surface area (Å²) in [6.45, 7) is 4.37. The van der Waals surface area contributed by atoms with Gasteiger partial charge in [0.2, 0.25) is 6.73 Å². The molecule has 0 amide bonds. The maximum absolute atomic E-state index is 5.22. The Bertz CT molecular complexity index is 172. The van der Waals surface area contributed by atoms with E-state index in [1.54, 1.807) is 0 Å². The van der Waals surface area contributed by atoms with Crippen LogP contribution in [0.1, 0.15) is 13.8 Å². The summed E-state index contributed by atoms with van der Waals surface area (Å²) in [4.78, 5) is 1.51. The normalized spacial score (nSPS) is 10.7. The molecular formula is C5H11N4O+. The summed E-state index contributed by atoms with van der Waals surface area (Å²) in [5, 5.41) is 10.1. The SMILES string of the molecule is CC(C)OC[n+]1ncn[nH]1. The standard InChI is InChI=1S/C5H10N4O/c1-5(2)10-4-9-7-3-6-8-9/h3,5H,4H2,1-2H3/p+1. The highest BCUT2D eigenvalue weighted by atomic mass is 16.5. The Labute approximate surface area is 59.0 Å². The Balaban J connectivity index is 2.28. The zero-order chi connectivity index (χ0) is 7.40. The van der Waals surface area contributed by atoms with E-state index in [-0.39, 0.29) is 6.10 Å². The number of aromatic amines is 1. The first kappa shape index (κ1) is 7.14. The second kappa shape index (κ2) is 3.26. The number of rotatable bonds is 3. The lowest BCUT2D eigenvalue weighted by Crippen LogP contribution is -2.41. The van der Waals surface area contributed by atoms with Crippen LogP contribution in [0.2, 0.25) is 0 Å². The van der Waals surface area contributed by atoms with Gasteiger partial charge in [-0.15, -0.1) is 0 Å². The van der Waals surface area contributed by atoms with Gasteiger partial charge in [0, 0.05) is 0 Å². The average molecular weight is 143 g/mol. The fourth-order valence-electron chi connectivity index (χ4n) is 0.488. The predicted octanol–water partition coefficient (Wildman–Crippen LogP) is -0.525. The molecule has 0 aliphatic rings. The van der Waals surface area contributed by atoms with Crippen LogP contribution in [0.4, 0.5) is 0 Å². The third-order valence-electron chi connectivity index (χ3n) is 0.952. The predicted molar refractivity (Wildman–Crippen MR) is 32.8 cm³/mol. The molecule has 5 nitrogen and oxygen atoms in total. The van der Waals surface area contributed by atoms with Crippen LogP contribution >= 0.6 is 0 Å². The zero-order valence-electron chi connectivity index (χ0n) is 6.11. The third-order valence-corrected chi connectivity index (χ3v) is 0.952. The van der Waals surface area contributed by atoms with Crippen molar-refractivity contribution in [2.45, 2.75) is 26.7 Å². The molecule has 0 radical (unpaired) electrons. The number of aromatic nitrogens is 4. The minimum atomic E-state index is 0.220. The molecule has 0 spiro atoms. The van der Waals surface area contributed by atoms with Crippen LogP contribution in [0.15, 0.2) is 6.33 Å². The number of tetrazole rings is 1. The molecule has 0 aliphatic carbocycles. The van der Waals surface area contributed by atoms with Gasteiger partial charge in [0.25, 0.3) is 6.33 Å². The first-order valence-corrected chi connectivity index (χ1v) is 3.16. The highest BCUT2D eigenvalue weighted by Crippen LogP contribution is 1.83. The largest absolute Gasteiger partial charge is 0.336 e. The Morgan fingerprint density at radius 3 is 3.00 bits per heavy atom. The first-order chi connectivity index (χ1) is 4.79. The molecule has 0 saturated heterocycles. The van der Waals surface area contributed by atoms with E-state index < -0.39 is 0 Å². The van der Waals surface area contributed by atoms with Gasteiger partial charge in [-0.05, 0) is 29.0 Å². The van der Waals surface area contributed by atoms with Crippen molar-refractivity contribution < 1.29 is 9.53 Å². The van der Waals surface area contributed by atoms with Gasteiger partial charge in [-0.2, -0.15) is 0 Å². The van der Waals surface area contributed by atoms with E-state index >= 15 is 0 Å². The molecule has 1 aromatic rings. The number of ether oxygens (including phenoxy) is 1. The van der Waals surface area contributed by atoms with Crippen LogP contribution < -0.4 is 4.80 Å². The van der Waals surface area contributed by atoms with Gasteiger partial charge in [0.1, 0.15) is 0 Å².